The molecule has 0 radical (unpaired) electrons. The molecule has 0 bridgehead atoms. The Balaban J connectivity index is 1.25. The lowest BCUT2D eigenvalue weighted by Crippen LogP contribution is -2.51. The van der Waals surface area contributed by atoms with Gasteiger partial charge < -0.3 is 19.1 Å². The number of likely N-dealkylation sites (tertiary alicyclic amines) is 1. The van der Waals surface area contributed by atoms with E-state index in [-0.39, 0.29) is 0 Å². The lowest BCUT2D eigenvalue weighted by Gasteiger charge is -2.43. The van der Waals surface area contributed by atoms with E-state index >= 15 is 0 Å². The molecule has 8 nitrogen and oxygen atoms in total. The second-order valence-corrected chi connectivity index (χ2v) is 10.2. The number of H-pyrrole nitrogens is 1. The second-order valence-electron chi connectivity index (χ2n) is 9.39. The van der Waals surface area contributed by atoms with E-state index in [1.165, 1.54) is 12.4 Å². The fourth-order valence-electron chi connectivity index (χ4n) is 5.02. The Kier molecular flexibility index (Phi) is 6.46. The van der Waals surface area contributed by atoms with E-state index in [1.807, 2.05) is 30.3 Å². The van der Waals surface area contributed by atoms with Crippen molar-refractivity contribution in [3.05, 3.63) is 70.0 Å². The van der Waals surface area contributed by atoms with Gasteiger partial charge in [0.15, 0.2) is 6.23 Å². The van der Waals surface area contributed by atoms with Crippen LogP contribution in [-0.2, 0) is 11.3 Å². The van der Waals surface area contributed by atoms with Crippen LogP contribution < -0.4 is 15.2 Å². The number of pyridine rings is 1. The van der Waals surface area contributed by atoms with Gasteiger partial charge in [-0.1, -0.05) is 30.1 Å². The Hall–Kier alpha value is -2.88. The van der Waals surface area contributed by atoms with E-state index in [2.05, 4.69) is 33.1 Å². The standard InChI is InChI=1S/C27H27Cl2N5O3/c1-2-34-9-7-27(8-10-34)35-15-17-11-16(3-6-23(17)37-27)25-19-12-18(4-5-22(19)32-33-25)36-26(30)24-20(28)13-31-14-21(24)29/h3-6,11-14,26H,2,7-10,15,30H2,1H3,(H,32,33)/t26-/m0/s1. The highest BCUT2D eigenvalue weighted by Gasteiger charge is 2.40. The topological polar surface area (TPSA) is 98.5 Å². The summed E-state index contributed by atoms with van der Waals surface area (Å²) in [5.41, 5.74) is 10.4. The van der Waals surface area contributed by atoms with Crippen LogP contribution in [-0.4, -0.2) is 45.5 Å². The Morgan fingerprint density at radius 3 is 2.68 bits per heavy atom. The summed E-state index contributed by atoms with van der Waals surface area (Å²) in [5.74, 6) is 0.919. The van der Waals surface area contributed by atoms with Gasteiger partial charge in [0.2, 0.25) is 5.79 Å². The number of aromatic nitrogens is 3. The van der Waals surface area contributed by atoms with Gasteiger partial charge in [-0.3, -0.25) is 15.8 Å². The van der Waals surface area contributed by atoms with Gasteiger partial charge in [0.25, 0.3) is 0 Å². The highest BCUT2D eigenvalue weighted by atomic mass is 35.5. The smallest absolute Gasteiger partial charge is 0.213 e. The minimum atomic E-state index is -0.856. The number of nitrogens with two attached hydrogens (primary N) is 1. The molecule has 0 amide bonds. The van der Waals surface area contributed by atoms with Crippen LogP contribution in [0.3, 0.4) is 0 Å². The van der Waals surface area contributed by atoms with Crippen molar-refractivity contribution in [1.82, 2.24) is 20.1 Å². The summed E-state index contributed by atoms with van der Waals surface area (Å²) in [6, 6.07) is 11.8. The summed E-state index contributed by atoms with van der Waals surface area (Å²) in [6.45, 7) is 5.71. The van der Waals surface area contributed by atoms with Gasteiger partial charge in [0.1, 0.15) is 17.2 Å². The third-order valence-electron chi connectivity index (χ3n) is 7.16. The summed E-state index contributed by atoms with van der Waals surface area (Å²) >= 11 is 12.5. The van der Waals surface area contributed by atoms with Crippen molar-refractivity contribution in [1.29, 1.82) is 0 Å². The van der Waals surface area contributed by atoms with Crippen LogP contribution in [0.1, 0.15) is 37.1 Å². The number of halogens is 2. The molecule has 10 heteroatoms. The molecule has 4 aromatic rings. The first-order valence-corrected chi connectivity index (χ1v) is 13.1. The van der Waals surface area contributed by atoms with Crippen LogP contribution in [0.4, 0.5) is 0 Å². The van der Waals surface area contributed by atoms with E-state index < -0.39 is 12.0 Å². The van der Waals surface area contributed by atoms with E-state index in [0.29, 0.717) is 28.0 Å². The molecule has 1 atom stereocenters. The predicted octanol–water partition coefficient (Wildman–Crippen LogP) is 5.69. The minimum Gasteiger partial charge on any atom is -0.471 e. The van der Waals surface area contributed by atoms with Crippen LogP contribution in [0.2, 0.25) is 10.0 Å². The van der Waals surface area contributed by atoms with Gasteiger partial charge in [0, 0.05) is 60.4 Å². The van der Waals surface area contributed by atoms with Crippen LogP contribution in [0.5, 0.6) is 11.5 Å². The molecule has 2 aliphatic heterocycles. The quantitative estimate of drug-likeness (QED) is 0.314. The normalized spacial score (nSPS) is 17.9. The number of hydrogen-bond acceptors (Lipinski definition) is 7. The largest absolute Gasteiger partial charge is 0.471 e. The fourth-order valence-corrected chi connectivity index (χ4v) is 5.60. The molecule has 2 aromatic heterocycles. The predicted molar refractivity (Wildman–Crippen MR) is 143 cm³/mol. The summed E-state index contributed by atoms with van der Waals surface area (Å²) in [4.78, 5) is 6.39. The first-order chi connectivity index (χ1) is 17.9. The average molecular weight is 540 g/mol. The molecule has 2 aliphatic rings. The molecule has 4 heterocycles. The zero-order valence-corrected chi connectivity index (χ0v) is 21.9. The number of hydrogen-bond donors (Lipinski definition) is 2. The number of aromatic amines is 1. The molecule has 0 saturated carbocycles. The van der Waals surface area contributed by atoms with E-state index in [4.69, 9.17) is 43.1 Å². The van der Waals surface area contributed by atoms with Crippen molar-refractivity contribution in [2.45, 2.75) is 38.4 Å². The zero-order chi connectivity index (χ0) is 25.6. The first-order valence-electron chi connectivity index (χ1n) is 12.3. The van der Waals surface area contributed by atoms with Gasteiger partial charge in [-0.2, -0.15) is 5.10 Å². The van der Waals surface area contributed by atoms with Crippen molar-refractivity contribution in [3.8, 4) is 22.8 Å². The molecule has 1 fully saturated rings. The number of ether oxygens (including phenoxy) is 3. The van der Waals surface area contributed by atoms with Crippen LogP contribution >= 0.6 is 23.2 Å². The third kappa shape index (κ3) is 4.64. The number of piperidine rings is 1. The molecule has 3 N–H and O–H groups in total. The van der Waals surface area contributed by atoms with E-state index in [0.717, 1.165) is 65.9 Å². The Morgan fingerprint density at radius 2 is 1.92 bits per heavy atom. The lowest BCUT2D eigenvalue weighted by atomic mass is 10.00. The Labute approximate surface area is 224 Å². The third-order valence-corrected chi connectivity index (χ3v) is 7.76. The van der Waals surface area contributed by atoms with Gasteiger partial charge in [0.05, 0.1) is 22.2 Å². The van der Waals surface area contributed by atoms with Crippen LogP contribution in [0, 0.1) is 0 Å². The van der Waals surface area contributed by atoms with Gasteiger partial charge in [-0.25, -0.2) is 0 Å². The lowest BCUT2D eigenvalue weighted by molar-refractivity contribution is -0.227. The van der Waals surface area contributed by atoms with Crippen molar-refractivity contribution in [2.24, 2.45) is 5.73 Å². The highest BCUT2D eigenvalue weighted by Crippen LogP contribution is 2.40. The number of rotatable bonds is 5. The summed E-state index contributed by atoms with van der Waals surface area (Å²) in [6.07, 6.45) is 3.86. The fraction of sp³-hybridized carbons (Fsp3) is 0.333. The molecule has 1 saturated heterocycles. The Bertz CT molecular complexity index is 1430. The summed E-state index contributed by atoms with van der Waals surface area (Å²) in [5, 5.41) is 9.27. The van der Waals surface area contributed by atoms with Gasteiger partial charge in [-0.05, 0) is 42.9 Å². The molecule has 192 valence electrons. The van der Waals surface area contributed by atoms with Crippen molar-refractivity contribution >= 4 is 34.1 Å². The molecule has 37 heavy (non-hydrogen) atoms. The molecular weight excluding hydrogens is 513 g/mol. The maximum atomic E-state index is 6.40. The molecular formula is C27H27Cl2N5O3. The van der Waals surface area contributed by atoms with Gasteiger partial charge >= 0.3 is 0 Å². The maximum Gasteiger partial charge on any atom is 0.213 e. The molecule has 6 rings (SSSR count). The van der Waals surface area contributed by atoms with E-state index in [1.54, 1.807) is 0 Å². The van der Waals surface area contributed by atoms with Gasteiger partial charge in [-0.15, -0.1) is 0 Å². The minimum absolute atomic E-state index is 0.348. The number of nitrogens with one attached hydrogen (secondary N) is 1. The summed E-state index contributed by atoms with van der Waals surface area (Å²) < 4.78 is 18.7. The highest BCUT2D eigenvalue weighted by molar-refractivity contribution is 6.35. The zero-order valence-electron chi connectivity index (χ0n) is 20.3. The average Bonchev–Trinajstić information content (AvgIpc) is 3.32. The molecule has 0 unspecified atom stereocenters. The molecule has 2 aromatic carbocycles. The summed E-state index contributed by atoms with van der Waals surface area (Å²) in [7, 11) is 0. The maximum absolute atomic E-state index is 6.40. The SMILES string of the molecule is CCN1CCC2(CC1)OCc1cc(-c3n[nH]c4ccc(O[C@H](N)c5c(Cl)cncc5Cl)cc34)ccc1O2. The first kappa shape index (κ1) is 24.5. The Morgan fingerprint density at radius 1 is 1.14 bits per heavy atom. The van der Waals surface area contributed by atoms with Crippen molar-refractivity contribution in [2.75, 3.05) is 19.6 Å². The van der Waals surface area contributed by atoms with E-state index in [9.17, 15) is 0 Å². The second kappa shape index (κ2) is 9.78. The van der Waals surface area contributed by atoms with Crippen LogP contribution in [0.15, 0.2) is 48.8 Å². The molecule has 0 aliphatic carbocycles. The number of nitrogens with zero attached hydrogens (tertiary/aromatic N) is 3. The van der Waals surface area contributed by atoms with Crippen molar-refractivity contribution in [3.63, 3.8) is 0 Å². The number of fused-ring (bicyclic) bond motifs is 2. The van der Waals surface area contributed by atoms with Crippen molar-refractivity contribution < 1.29 is 14.2 Å². The monoisotopic (exact) mass is 539 g/mol. The number of benzene rings is 2. The molecule has 1 spiro atoms. The van der Waals surface area contributed by atoms with Crippen LogP contribution in [0.25, 0.3) is 22.2 Å².